The summed E-state index contributed by atoms with van der Waals surface area (Å²) in [7, 11) is 0. The van der Waals surface area contributed by atoms with Crippen molar-refractivity contribution in [1.29, 1.82) is 0 Å². The highest BCUT2D eigenvalue weighted by molar-refractivity contribution is 6.31. The molecule has 0 bridgehead atoms. The molecule has 3 aromatic rings. The number of pyridine rings is 1. The third-order valence-electron chi connectivity index (χ3n) is 4.86. The van der Waals surface area contributed by atoms with Crippen LogP contribution in [0.1, 0.15) is 38.8 Å². The van der Waals surface area contributed by atoms with E-state index in [0.717, 1.165) is 11.1 Å². The number of nitrogens with one attached hydrogen (secondary N) is 3. The summed E-state index contributed by atoms with van der Waals surface area (Å²) in [6.45, 7) is 1.97. The van der Waals surface area contributed by atoms with Crippen molar-refractivity contribution in [3.63, 3.8) is 0 Å². The summed E-state index contributed by atoms with van der Waals surface area (Å²) in [5.41, 5.74) is 1.70. The van der Waals surface area contributed by atoms with Gasteiger partial charge in [-0.05, 0) is 36.2 Å². The number of rotatable bonds is 8. The van der Waals surface area contributed by atoms with Crippen molar-refractivity contribution in [2.24, 2.45) is 0 Å². The van der Waals surface area contributed by atoms with E-state index < -0.39 is 23.8 Å². The van der Waals surface area contributed by atoms with Crippen LogP contribution in [-0.2, 0) is 17.9 Å². The number of hydrogen-bond acceptors (Lipinski definition) is 4. The Morgan fingerprint density at radius 3 is 2.00 bits per heavy atom. The molecule has 0 fully saturated rings. The second-order valence-corrected chi connectivity index (χ2v) is 8.01. The van der Waals surface area contributed by atoms with E-state index in [1.807, 2.05) is 12.1 Å². The van der Waals surface area contributed by atoms with Gasteiger partial charge in [-0.2, -0.15) is 0 Å². The maximum Gasteiger partial charge on any atom is 0.254 e. The molecule has 0 aliphatic rings. The van der Waals surface area contributed by atoms with Crippen molar-refractivity contribution < 1.29 is 14.4 Å². The van der Waals surface area contributed by atoms with Crippen LogP contribution in [0.3, 0.4) is 0 Å². The Hall–Kier alpha value is -3.42. The van der Waals surface area contributed by atoms with E-state index in [9.17, 15) is 14.4 Å². The average molecular weight is 485 g/mol. The second-order valence-electron chi connectivity index (χ2n) is 7.20. The molecule has 0 aliphatic carbocycles. The van der Waals surface area contributed by atoms with Crippen molar-refractivity contribution >= 4 is 40.9 Å². The predicted octanol–water partition coefficient (Wildman–Crippen LogP) is 3.75. The Bertz CT molecular complexity index is 1170. The van der Waals surface area contributed by atoms with Gasteiger partial charge in [-0.3, -0.25) is 19.4 Å². The zero-order valence-electron chi connectivity index (χ0n) is 17.8. The van der Waals surface area contributed by atoms with E-state index in [-0.39, 0.29) is 24.2 Å². The lowest BCUT2D eigenvalue weighted by Gasteiger charge is -2.16. The maximum atomic E-state index is 12.8. The number of amides is 3. The first kappa shape index (κ1) is 24.2. The van der Waals surface area contributed by atoms with Crippen LogP contribution in [0.5, 0.6) is 0 Å². The minimum Gasteiger partial charge on any atom is -0.350 e. The molecule has 3 amide bonds. The highest BCUT2D eigenvalue weighted by Crippen LogP contribution is 2.16. The van der Waals surface area contributed by atoms with Crippen LogP contribution in [0.15, 0.2) is 67.0 Å². The van der Waals surface area contributed by atoms with Gasteiger partial charge in [0, 0.05) is 35.5 Å². The standard InChI is InChI=1S/C24H22Cl2N4O3/c1-15(22(31)28-12-16-6-2-4-8-20(16)25)30-24(33)19-14-27-11-10-18(19)23(32)29-13-17-7-3-5-9-21(17)26/h2-11,14-15H,12-13H2,1H3,(H,28,31)(H,29,32)(H,30,33)/t15-/m0/s1. The largest absolute Gasteiger partial charge is 0.350 e. The van der Waals surface area contributed by atoms with Crippen molar-refractivity contribution in [2.75, 3.05) is 0 Å². The molecule has 2 aromatic carbocycles. The minimum absolute atomic E-state index is 0.0555. The van der Waals surface area contributed by atoms with Gasteiger partial charge >= 0.3 is 0 Å². The van der Waals surface area contributed by atoms with Crippen molar-refractivity contribution in [1.82, 2.24) is 20.9 Å². The summed E-state index contributed by atoms with van der Waals surface area (Å²) in [6.07, 6.45) is 2.70. The molecule has 1 heterocycles. The molecule has 9 heteroatoms. The molecule has 1 atom stereocenters. The van der Waals surface area contributed by atoms with E-state index in [1.165, 1.54) is 18.5 Å². The van der Waals surface area contributed by atoms with Gasteiger partial charge in [0.05, 0.1) is 11.1 Å². The number of carbonyl (C=O) groups is 3. The van der Waals surface area contributed by atoms with Gasteiger partial charge in [0.1, 0.15) is 6.04 Å². The number of aromatic nitrogens is 1. The van der Waals surface area contributed by atoms with Gasteiger partial charge in [0.25, 0.3) is 11.8 Å². The third kappa shape index (κ3) is 6.54. The molecule has 1 aromatic heterocycles. The normalized spacial score (nSPS) is 11.4. The lowest BCUT2D eigenvalue weighted by molar-refractivity contribution is -0.122. The quantitative estimate of drug-likeness (QED) is 0.453. The molecular formula is C24H22Cl2N4O3. The fourth-order valence-corrected chi connectivity index (χ4v) is 3.41. The Labute approximate surface area is 201 Å². The van der Waals surface area contributed by atoms with Crippen LogP contribution in [0.4, 0.5) is 0 Å². The van der Waals surface area contributed by atoms with E-state index >= 15 is 0 Å². The van der Waals surface area contributed by atoms with E-state index in [2.05, 4.69) is 20.9 Å². The molecular weight excluding hydrogens is 463 g/mol. The van der Waals surface area contributed by atoms with Gasteiger partial charge in [0.2, 0.25) is 5.91 Å². The lowest BCUT2D eigenvalue weighted by atomic mass is 10.1. The number of benzene rings is 2. The van der Waals surface area contributed by atoms with Gasteiger partial charge < -0.3 is 16.0 Å². The van der Waals surface area contributed by atoms with Crippen molar-refractivity contribution in [3.8, 4) is 0 Å². The number of halogens is 2. The first-order valence-electron chi connectivity index (χ1n) is 10.1. The molecule has 0 radical (unpaired) electrons. The second kappa shape index (κ2) is 11.4. The molecule has 0 saturated heterocycles. The summed E-state index contributed by atoms with van der Waals surface area (Å²) >= 11 is 12.2. The van der Waals surface area contributed by atoms with E-state index in [4.69, 9.17) is 23.2 Å². The lowest BCUT2D eigenvalue weighted by Crippen LogP contribution is -2.45. The van der Waals surface area contributed by atoms with Crippen LogP contribution in [0.2, 0.25) is 10.0 Å². The van der Waals surface area contributed by atoms with Gasteiger partial charge in [-0.15, -0.1) is 0 Å². The highest BCUT2D eigenvalue weighted by Gasteiger charge is 2.21. The van der Waals surface area contributed by atoms with E-state index in [1.54, 1.807) is 43.3 Å². The maximum absolute atomic E-state index is 12.8. The highest BCUT2D eigenvalue weighted by atomic mass is 35.5. The molecule has 33 heavy (non-hydrogen) atoms. The van der Waals surface area contributed by atoms with Crippen molar-refractivity contribution in [3.05, 3.63) is 99.3 Å². The molecule has 7 nitrogen and oxygen atoms in total. The zero-order chi connectivity index (χ0) is 23.8. The number of hydrogen-bond donors (Lipinski definition) is 3. The van der Waals surface area contributed by atoms with Crippen LogP contribution in [0, 0.1) is 0 Å². The van der Waals surface area contributed by atoms with Crippen LogP contribution in [-0.4, -0.2) is 28.7 Å². The molecule has 0 spiro atoms. The van der Waals surface area contributed by atoms with Gasteiger partial charge in [0.15, 0.2) is 0 Å². The summed E-state index contributed by atoms with van der Waals surface area (Å²) in [4.78, 5) is 41.9. The Morgan fingerprint density at radius 1 is 0.818 bits per heavy atom. The first-order chi connectivity index (χ1) is 15.9. The van der Waals surface area contributed by atoms with Crippen LogP contribution >= 0.6 is 23.2 Å². The van der Waals surface area contributed by atoms with Gasteiger partial charge in [-0.1, -0.05) is 59.6 Å². The Kier molecular flexibility index (Phi) is 8.40. The fourth-order valence-electron chi connectivity index (χ4n) is 3.00. The third-order valence-corrected chi connectivity index (χ3v) is 5.60. The first-order valence-corrected chi connectivity index (χ1v) is 10.9. The fraction of sp³-hybridized carbons (Fsp3) is 0.167. The van der Waals surface area contributed by atoms with Crippen LogP contribution < -0.4 is 16.0 Å². The van der Waals surface area contributed by atoms with E-state index in [0.29, 0.717) is 10.0 Å². The topological polar surface area (TPSA) is 100 Å². The molecule has 3 rings (SSSR count). The number of carbonyl (C=O) groups excluding carboxylic acids is 3. The summed E-state index contributed by atoms with van der Waals surface area (Å²) in [5, 5.41) is 9.15. The molecule has 0 aliphatic heterocycles. The SMILES string of the molecule is C[C@H](NC(=O)c1cnccc1C(=O)NCc1ccccc1Cl)C(=O)NCc1ccccc1Cl. The smallest absolute Gasteiger partial charge is 0.254 e. The summed E-state index contributed by atoms with van der Waals surface area (Å²) < 4.78 is 0. The number of nitrogens with zero attached hydrogens (tertiary/aromatic N) is 1. The molecule has 3 N–H and O–H groups in total. The Morgan fingerprint density at radius 2 is 1.39 bits per heavy atom. The summed E-state index contributed by atoms with van der Waals surface area (Å²) in [6, 6.07) is 14.9. The molecule has 170 valence electrons. The van der Waals surface area contributed by atoms with Gasteiger partial charge in [-0.25, -0.2) is 0 Å². The van der Waals surface area contributed by atoms with Crippen molar-refractivity contribution in [2.45, 2.75) is 26.1 Å². The predicted molar refractivity (Wildman–Crippen MR) is 127 cm³/mol. The molecule has 0 saturated carbocycles. The monoisotopic (exact) mass is 484 g/mol. The summed E-state index contributed by atoms with van der Waals surface area (Å²) in [5.74, 6) is -1.44. The minimum atomic E-state index is -0.848. The molecule has 0 unspecified atom stereocenters. The zero-order valence-corrected chi connectivity index (χ0v) is 19.3. The Balaban J connectivity index is 1.61. The van der Waals surface area contributed by atoms with Crippen LogP contribution in [0.25, 0.3) is 0 Å². The average Bonchev–Trinajstić information content (AvgIpc) is 2.82.